The number of alkyl halides is 1. The number of hydrogen-bond donors (Lipinski definition) is 4. The maximum absolute atomic E-state index is 14.9. The Bertz CT molecular complexity index is 1800. The number of H-pyrrole nitrogens is 1. The molecule has 0 aromatic carbocycles. The van der Waals surface area contributed by atoms with Crippen LogP contribution in [-0.4, -0.2) is 89.5 Å². The standard InChI is InChI=1S/C26H33FN10O11P2/c1-14(2)22(38)35-26-34-21-20(23(39)36-26)32-13-37(21)24-19(8-16(46-24)10-43-48-49(40)41)47-50(42,44-5-3-4-28)45-9-15-6-17(27)18(7-15)33-25-30-11-29-12-31-25/h11-19,24H,3,5-10H2,1-2H3,(H3-,29,30,31,33,34,35,36,38,39,40,41)/p+1/t15-,16+,17-,18-,19-,24-,50?/m1/s1. The monoisotopic (exact) mass is 743 g/mol. The highest BCUT2D eigenvalue weighted by molar-refractivity contribution is 7.48. The summed E-state index contributed by atoms with van der Waals surface area (Å²) in [6.45, 7) is 2.34. The first-order valence-electron chi connectivity index (χ1n) is 15.3. The molecule has 2 fully saturated rings. The molecular weight excluding hydrogens is 709 g/mol. The highest BCUT2D eigenvalue weighted by Gasteiger charge is 2.45. The molecule has 1 amide bonds. The number of amides is 1. The number of nitrogens with zero attached hydrogens (tertiary/aromatic N) is 7. The van der Waals surface area contributed by atoms with Crippen LogP contribution in [0.5, 0.6) is 0 Å². The Balaban J connectivity index is 1.37. The summed E-state index contributed by atoms with van der Waals surface area (Å²) >= 11 is 0. The fraction of sp³-hybridized carbons (Fsp3) is 0.615. The smallest absolute Gasteiger partial charge is 0.349 e. The Morgan fingerprint density at radius 3 is 2.76 bits per heavy atom. The second kappa shape index (κ2) is 16.9. The molecule has 0 radical (unpaired) electrons. The molecule has 21 nitrogen and oxygen atoms in total. The summed E-state index contributed by atoms with van der Waals surface area (Å²) in [5.74, 6) is -1.25. The average Bonchev–Trinajstić information content (AvgIpc) is 3.77. The van der Waals surface area contributed by atoms with Gasteiger partial charge in [0.25, 0.3) is 5.56 Å². The van der Waals surface area contributed by atoms with E-state index in [-0.39, 0.29) is 68.6 Å². The van der Waals surface area contributed by atoms with Crippen LogP contribution < -0.4 is 16.2 Å². The Kier molecular flexibility index (Phi) is 12.6. The highest BCUT2D eigenvalue weighted by atomic mass is 31.2. The molecule has 2 unspecified atom stereocenters. The zero-order valence-corrected chi connectivity index (χ0v) is 28.4. The minimum Gasteiger partial charge on any atom is -0.349 e. The molecule has 24 heteroatoms. The summed E-state index contributed by atoms with van der Waals surface area (Å²) in [6.07, 6.45) is -0.795. The van der Waals surface area contributed by atoms with Gasteiger partial charge in [-0.1, -0.05) is 13.8 Å². The van der Waals surface area contributed by atoms with Crippen LogP contribution >= 0.6 is 16.1 Å². The van der Waals surface area contributed by atoms with E-state index in [2.05, 4.69) is 45.2 Å². The third kappa shape index (κ3) is 9.66. The van der Waals surface area contributed by atoms with E-state index < -0.39 is 70.0 Å². The minimum absolute atomic E-state index is 0.0412. The Morgan fingerprint density at radius 2 is 2.04 bits per heavy atom. The van der Waals surface area contributed by atoms with Crippen molar-refractivity contribution >= 4 is 45.0 Å². The van der Waals surface area contributed by atoms with Gasteiger partial charge in [0.05, 0.1) is 48.9 Å². The predicted molar refractivity (Wildman–Crippen MR) is 166 cm³/mol. The van der Waals surface area contributed by atoms with Crippen LogP contribution in [0.2, 0.25) is 0 Å². The fourth-order valence-corrected chi connectivity index (χ4v) is 6.84. The number of aromatic nitrogens is 7. The van der Waals surface area contributed by atoms with Crippen molar-refractivity contribution in [2.45, 2.75) is 70.2 Å². The number of ether oxygens (including phenoxy) is 1. The van der Waals surface area contributed by atoms with E-state index >= 15 is 0 Å². The number of nitrogens with one attached hydrogen (secondary N) is 3. The minimum atomic E-state index is -4.52. The van der Waals surface area contributed by atoms with E-state index in [1.165, 1.54) is 23.5 Å². The Labute approximate surface area is 283 Å². The van der Waals surface area contributed by atoms with Crippen molar-refractivity contribution in [2.24, 2.45) is 11.8 Å². The first-order chi connectivity index (χ1) is 23.9. The lowest BCUT2D eigenvalue weighted by molar-refractivity contribution is -0.229. The Hall–Kier alpha value is -3.90. The van der Waals surface area contributed by atoms with Gasteiger partial charge < -0.3 is 10.1 Å². The van der Waals surface area contributed by atoms with E-state index in [1.807, 2.05) is 6.07 Å². The molecule has 4 N–H and O–H groups in total. The number of hydrogen-bond acceptors (Lipinski definition) is 17. The van der Waals surface area contributed by atoms with Crippen LogP contribution in [0, 0.1) is 23.2 Å². The van der Waals surface area contributed by atoms with Gasteiger partial charge in [0.15, 0.2) is 17.4 Å². The molecule has 4 heterocycles. The number of fused-ring (bicyclic) bond motifs is 1. The van der Waals surface area contributed by atoms with E-state index in [9.17, 15) is 23.1 Å². The molecule has 0 spiro atoms. The first-order valence-corrected chi connectivity index (χ1v) is 17.9. The molecule has 0 bridgehead atoms. The van der Waals surface area contributed by atoms with Crippen molar-refractivity contribution < 1.29 is 51.1 Å². The van der Waals surface area contributed by atoms with Gasteiger partial charge in [0.1, 0.15) is 31.5 Å². The zero-order chi connectivity index (χ0) is 35.8. The summed E-state index contributed by atoms with van der Waals surface area (Å²) in [4.78, 5) is 61.4. The van der Waals surface area contributed by atoms with Crippen molar-refractivity contribution in [3.8, 4) is 6.07 Å². The van der Waals surface area contributed by atoms with Crippen LogP contribution in [0.4, 0.5) is 16.3 Å². The first kappa shape index (κ1) is 37.4. The molecule has 50 heavy (non-hydrogen) atoms. The van der Waals surface area contributed by atoms with Crippen molar-refractivity contribution in [1.82, 2.24) is 34.5 Å². The number of phosphoric acid groups is 1. The number of aromatic amines is 1. The van der Waals surface area contributed by atoms with Gasteiger partial charge in [-0.3, -0.25) is 38.0 Å². The maximum atomic E-state index is 14.9. The van der Waals surface area contributed by atoms with Crippen LogP contribution in [0.1, 0.15) is 45.8 Å². The molecular formula is C26H34FN10O11P2+. The second-order valence-electron chi connectivity index (χ2n) is 11.6. The molecule has 1 aliphatic heterocycles. The van der Waals surface area contributed by atoms with Gasteiger partial charge >= 0.3 is 16.1 Å². The second-order valence-corrected chi connectivity index (χ2v) is 13.8. The van der Waals surface area contributed by atoms with Crippen LogP contribution in [0.3, 0.4) is 0 Å². The molecule has 2 aliphatic rings. The molecule has 3 aromatic rings. The largest absolute Gasteiger partial charge is 0.725 e. The maximum Gasteiger partial charge on any atom is 0.725 e. The number of halogens is 1. The lowest BCUT2D eigenvalue weighted by atomic mass is 10.1. The molecule has 8 atom stereocenters. The summed E-state index contributed by atoms with van der Waals surface area (Å²) in [6, 6.07) is 1.22. The highest BCUT2D eigenvalue weighted by Crippen LogP contribution is 2.54. The molecule has 1 saturated carbocycles. The number of rotatable bonds is 17. The number of imidazole rings is 1. The third-order valence-corrected chi connectivity index (χ3v) is 9.30. The van der Waals surface area contributed by atoms with E-state index in [1.54, 1.807) is 13.8 Å². The topological polar surface area (TPSA) is 277 Å². The van der Waals surface area contributed by atoms with Gasteiger partial charge in [0, 0.05) is 16.9 Å². The lowest BCUT2D eigenvalue weighted by Crippen LogP contribution is -2.26. The van der Waals surface area contributed by atoms with E-state index in [0.29, 0.717) is 0 Å². The van der Waals surface area contributed by atoms with Crippen molar-refractivity contribution in [2.75, 3.05) is 30.5 Å². The van der Waals surface area contributed by atoms with Crippen molar-refractivity contribution in [1.29, 1.82) is 5.26 Å². The molecule has 1 aliphatic carbocycles. The van der Waals surface area contributed by atoms with Gasteiger partial charge in [-0.05, 0) is 18.8 Å². The summed E-state index contributed by atoms with van der Waals surface area (Å²) in [7, 11) is -7.61. The van der Waals surface area contributed by atoms with Crippen LogP contribution in [0.15, 0.2) is 23.8 Å². The number of carbonyl (C=O) groups excluding carboxylic acids is 1. The summed E-state index contributed by atoms with van der Waals surface area (Å²) in [5.41, 5.74) is -0.842. The van der Waals surface area contributed by atoms with Gasteiger partial charge in [-0.15, -0.1) is 4.89 Å². The van der Waals surface area contributed by atoms with Gasteiger partial charge in [-0.25, -0.2) is 28.9 Å². The Morgan fingerprint density at radius 1 is 1.26 bits per heavy atom. The molecule has 5 rings (SSSR count). The van der Waals surface area contributed by atoms with E-state index in [4.69, 9.17) is 33.4 Å². The quantitative estimate of drug-likeness (QED) is 0.0668. The number of carbonyl (C=O) groups is 1. The number of phosphoric ester groups is 1. The zero-order valence-electron chi connectivity index (χ0n) is 26.7. The van der Waals surface area contributed by atoms with Crippen molar-refractivity contribution in [3.05, 3.63) is 29.3 Å². The summed E-state index contributed by atoms with van der Waals surface area (Å²) < 4.78 is 68.8. The van der Waals surface area contributed by atoms with Crippen LogP contribution in [0.25, 0.3) is 11.2 Å². The number of nitriles is 1. The van der Waals surface area contributed by atoms with Gasteiger partial charge in [-0.2, -0.15) is 15.1 Å². The summed E-state index contributed by atoms with van der Waals surface area (Å²) in [5, 5.41) is 14.5. The van der Waals surface area contributed by atoms with Crippen LogP contribution in [-0.2, 0) is 41.8 Å². The van der Waals surface area contributed by atoms with Gasteiger partial charge in [0.2, 0.25) is 17.8 Å². The molecule has 3 aromatic heterocycles. The third-order valence-electron chi connectivity index (χ3n) is 7.57. The predicted octanol–water partition coefficient (Wildman–Crippen LogP) is 2.45. The average molecular weight is 744 g/mol. The van der Waals surface area contributed by atoms with E-state index in [0.717, 1.165) is 0 Å². The SMILES string of the molecule is CC(C)C(=O)Nc1nc2c(ncn2[C@@H]2O[C@H](COO[P+](=O)O)C[C@H]2OP(=O)(OCCC#N)OC[C@@H]2C[C@@H](F)[C@H](Nc3ncncn3)C2)c(=O)[nH]1. The van der Waals surface area contributed by atoms with Crippen molar-refractivity contribution in [3.63, 3.8) is 0 Å². The molecule has 1 saturated heterocycles. The number of anilines is 2. The normalized spacial score (nSPS) is 25.0. The fourth-order valence-electron chi connectivity index (χ4n) is 5.26. The molecule has 270 valence electrons. The lowest BCUT2D eigenvalue weighted by Gasteiger charge is -2.25.